The second kappa shape index (κ2) is 6.96. The fourth-order valence-electron chi connectivity index (χ4n) is 1.93. The highest BCUT2D eigenvalue weighted by atomic mass is 15.2. The van der Waals surface area contributed by atoms with E-state index in [1.807, 2.05) is 37.2 Å². The van der Waals surface area contributed by atoms with Crippen LogP contribution in [0.4, 0.5) is 5.95 Å². The minimum absolute atomic E-state index is 0.750. The fourth-order valence-corrected chi connectivity index (χ4v) is 1.93. The van der Waals surface area contributed by atoms with Crippen LogP contribution in [0.1, 0.15) is 23.7 Å². The summed E-state index contributed by atoms with van der Waals surface area (Å²) in [4.78, 5) is 15.1. The van der Waals surface area contributed by atoms with E-state index >= 15 is 0 Å². The van der Waals surface area contributed by atoms with Crippen LogP contribution in [-0.4, -0.2) is 28.5 Å². The van der Waals surface area contributed by atoms with Crippen molar-refractivity contribution in [1.29, 1.82) is 0 Å². The Hall–Kier alpha value is -2.01. The van der Waals surface area contributed by atoms with E-state index in [2.05, 4.69) is 27.2 Å². The molecule has 1 N–H and O–H groups in total. The lowest BCUT2D eigenvalue weighted by molar-refractivity contribution is 0.713. The molecular weight excluding hydrogens is 250 g/mol. The first-order valence-corrected chi connectivity index (χ1v) is 6.84. The number of hydrogen-bond donors (Lipinski definition) is 1. The first-order valence-electron chi connectivity index (χ1n) is 6.84. The van der Waals surface area contributed by atoms with E-state index in [-0.39, 0.29) is 0 Å². The van der Waals surface area contributed by atoms with Crippen LogP contribution in [-0.2, 0) is 13.1 Å². The molecule has 0 amide bonds. The third-order valence-electron chi connectivity index (χ3n) is 3.14. The van der Waals surface area contributed by atoms with Crippen molar-refractivity contribution < 1.29 is 0 Å². The molecule has 2 heterocycles. The first-order chi connectivity index (χ1) is 9.70. The smallest absolute Gasteiger partial charge is 0.225 e. The van der Waals surface area contributed by atoms with Crippen molar-refractivity contribution in [1.82, 2.24) is 20.3 Å². The van der Waals surface area contributed by atoms with Gasteiger partial charge in [0.1, 0.15) is 0 Å². The van der Waals surface area contributed by atoms with Crippen molar-refractivity contribution in [3.63, 3.8) is 0 Å². The van der Waals surface area contributed by atoms with Gasteiger partial charge in [0, 0.05) is 50.0 Å². The van der Waals surface area contributed by atoms with Crippen molar-refractivity contribution in [2.24, 2.45) is 0 Å². The van der Waals surface area contributed by atoms with Crippen molar-refractivity contribution in [2.45, 2.75) is 26.9 Å². The molecule has 0 atom stereocenters. The molecule has 2 rings (SSSR count). The molecule has 0 saturated carbocycles. The van der Waals surface area contributed by atoms with Crippen LogP contribution in [0, 0.1) is 6.92 Å². The summed E-state index contributed by atoms with van der Waals surface area (Å²) in [5.41, 5.74) is 3.37. The van der Waals surface area contributed by atoms with E-state index in [9.17, 15) is 0 Å². The van der Waals surface area contributed by atoms with E-state index in [1.54, 1.807) is 12.4 Å². The Morgan fingerprint density at radius 2 is 2.00 bits per heavy atom. The zero-order valence-corrected chi connectivity index (χ0v) is 12.3. The molecule has 0 bridgehead atoms. The fraction of sp³-hybridized carbons (Fsp3) is 0.400. The van der Waals surface area contributed by atoms with Gasteiger partial charge < -0.3 is 10.2 Å². The summed E-state index contributed by atoms with van der Waals surface area (Å²) in [5.74, 6) is 0.750. The highest BCUT2D eigenvalue weighted by Crippen LogP contribution is 2.12. The number of rotatable bonds is 6. The monoisotopic (exact) mass is 271 g/mol. The van der Waals surface area contributed by atoms with Gasteiger partial charge in [0.15, 0.2) is 0 Å². The van der Waals surface area contributed by atoms with Gasteiger partial charge in [-0.05, 0) is 31.2 Å². The zero-order chi connectivity index (χ0) is 14.4. The van der Waals surface area contributed by atoms with E-state index < -0.39 is 0 Å². The Morgan fingerprint density at radius 1 is 1.25 bits per heavy atom. The predicted molar refractivity (Wildman–Crippen MR) is 80.5 cm³/mol. The minimum atomic E-state index is 0.750. The van der Waals surface area contributed by atoms with Gasteiger partial charge in [0.25, 0.3) is 0 Å². The van der Waals surface area contributed by atoms with Crippen LogP contribution in [0.15, 0.2) is 30.7 Å². The maximum absolute atomic E-state index is 4.58. The van der Waals surface area contributed by atoms with Crippen molar-refractivity contribution in [2.75, 3.05) is 18.5 Å². The molecule has 0 aliphatic rings. The molecule has 0 fully saturated rings. The Kier molecular flexibility index (Phi) is 5.01. The number of nitrogens with one attached hydrogen (secondary N) is 1. The normalized spacial score (nSPS) is 10.6. The van der Waals surface area contributed by atoms with Gasteiger partial charge in [0.2, 0.25) is 5.95 Å². The Balaban J connectivity index is 2.07. The van der Waals surface area contributed by atoms with E-state index in [1.165, 1.54) is 5.56 Å². The SMILES string of the molecule is CCNCc1cnc(N(C)Cc2ccncc2)nc1C. The number of nitrogens with zero attached hydrogens (tertiary/aromatic N) is 4. The number of hydrogen-bond acceptors (Lipinski definition) is 5. The molecule has 5 nitrogen and oxygen atoms in total. The molecule has 0 spiro atoms. The number of anilines is 1. The highest BCUT2D eigenvalue weighted by Gasteiger charge is 2.08. The summed E-state index contributed by atoms with van der Waals surface area (Å²) in [6.07, 6.45) is 5.51. The molecule has 0 unspecified atom stereocenters. The third kappa shape index (κ3) is 3.74. The maximum atomic E-state index is 4.58. The van der Waals surface area contributed by atoms with Gasteiger partial charge in [-0.25, -0.2) is 9.97 Å². The van der Waals surface area contributed by atoms with Crippen LogP contribution in [0.3, 0.4) is 0 Å². The van der Waals surface area contributed by atoms with Gasteiger partial charge in [0.05, 0.1) is 0 Å². The third-order valence-corrected chi connectivity index (χ3v) is 3.14. The van der Waals surface area contributed by atoms with Crippen molar-refractivity contribution in [3.8, 4) is 0 Å². The summed E-state index contributed by atoms with van der Waals surface area (Å²) in [6, 6.07) is 4.01. The molecule has 0 radical (unpaired) electrons. The number of aryl methyl sites for hydroxylation is 1. The van der Waals surface area contributed by atoms with Gasteiger partial charge in [-0.2, -0.15) is 0 Å². The topological polar surface area (TPSA) is 53.9 Å². The van der Waals surface area contributed by atoms with Crippen LogP contribution >= 0.6 is 0 Å². The van der Waals surface area contributed by atoms with E-state index in [0.29, 0.717) is 0 Å². The standard InChI is InChI=1S/C15H21N5/c1-4-16-9-14-10-18-15(19-12(14)2)20(3)11-13-5-7-17-8-6-13/h5-8,10,16H,4,9,11H2,1-3H3. The molecule has 0 aliphatic heterocycles. The summed E-state index contributed by atoms with van der Waals surface area (Å²) in [7, 11) is 2.00. The molecule has 20 heavy (non-hydrogen) atoms. The maximum Gasteiger partial charge on any atom is 0.225 e. The van der Waals surface area contributed by atoms with Gasteiger partial charge >= 0.3 is 0 Å². The van der Waals surface area contributed by atoms with Crippen LogP contribution < -0.4 is 10.2 Å². The van der Waals surface area contributed by atoms with Crippen LogP contribution in [0.5, 0.6) is 0 Å². The quantitative estimate of drug-likeness (QED) is 0.870. The number of pyridine rings is 1. The number of aromatic nitrogens is 3. The van der Waals surface area contributed by atoms with E-state index in [0.717, 1.165) is 36.8 Å². The zero-order valence-electron chi connectivity index (χ0n) is 12.3. The molecule has 0 saturated heterocycles. The predicted octanol–water partition coefficient (Wildman–Crippen LogP) is 1.93. The average molecular weight is 271 g/mol. The molecule has 5 heteroatoms. The Labute approximate surface area is 120 Å². The van der Waals surface area contributed by atoms with Crippen molar-refractivity contribution in [3.05, 3.63) is 47.5 Å². The lowest BCUT2D eigenvalue weighted by Crippen LogP contribution is -2.20. The summed E-state index contributed by atoms with van der Waals surface area (Å²) in [5, 5.41) is 3.29. The molecule has 106 valence electrons. The van der Waals surface area contributed by atoms with Gasteiger partial charge in [-0.1, -0.05) is 6.92 Å². The Bertz CT molecular complexity index is 541. The Morgan fingerprint density at radius 3 is 2.65 bits per heavy atom. The molecule has 2 aromatic heterocycles. The van der Waals surface area contributed by atoms with Crippen molar-refractivity contribution >= 4 is 5.95 Å². The summed E-state index contributed by atoms with van der Waals surface area (Å²) in [6.45, 7) is 6.65. The second-order valence-electron chi connectivity index (χ2n) is 4.77. The van der Waals surface area contributed by atoms with Gasteiger partial charge in [-0.15, -0.1) is 0 Å². The van der Waals surface area contributed by atoms with Crippen LogP contribution in [0.2, 0.25) is 0 Å². The van der Waals surface area contributed by atoms with Gasteiger partial charge in [-0.3, -0.25) is 4.98 Å². The molecular formula is C15H21N5. The average Bonchev–Trinajstić information content (AvgIpc) is 2.47. The highest BCUT2D eigenvalue weighted by molar-refractivity contribution is 5.33. The summed E-state index contributed by atoms with van der Waals surface area (Å²) < 4.78 is 0. The second-order valence-corrected chi connectivity index (χ2v) is 4.77. The first kappa shape index (κ1) is 14.4. The minimum Gasteiger partial charge on any atom is -0.340 e. The summed E-state index contributed by atoms with van der Waals surface area (Å²) >= 11 is 0. The molecule has 0 aliphatic carbocycles. The lowest BCUT2D eigenvalue weighted by atomic mass is 10.2. The van der Waals surface area contributed by atoms with Crippen LogP contribution in [0.25, 0.3) is 0 Å². The molecule has 0 aromatic carbocycles. The molecule has 2 aromatic rings. The van der Waals surface area contributed by atoms with E-state index in [4.69, 9.17) is 0 Å². The lowest BCUT2D eigenvalue weighted by Gasteiger charge is -2.18. The largest absolute Gasteiger partial charge is 0.340 e.